The minimum absolute atomic E-state index is 0.00137. The Hall–Kier alpha value is -1.36. The molecule has 1 saturated heterocycles. The first kappa shape index (κ1) is 24.3. The number of phosphoric ester groups is 1. The lowest BCUT2D eigenvalue weighted by molar-refractivity contribution is -0.747. The zero-order valence-corrected chi connectivity index (χ0v) is 17.8. The second-order valence-corrected chi connectivity index (χ2v) is 10.5. The molecule has 3 rings (SSSR count). The Kier molecular flexibility index (Phi) is 6.43. The summed E-state index contributed by atoms with van der Waals surface area (Å²) in [6.45, 7) is 0. The van der Waals surface area contributed by atoms with Gasteiger partial charge in [-0.05, 0) is 0 Å². The van der Waals surface area contributed by atoms with Gasteiger partial charge < -0.3 is 34.5 Å². The summed E-state index contributed by atoms with van der Waals surface area (Å²) in [6.07, 6.45) is -5.14. The summed E-state index contributed by atoms with van der Waals surface area (Å²) >= 11 is 0. The molecule has 3 heterocycles. The van der Waals surface area contributed by atoms with Gasteiger partial charge in [-0.3, -0.25) is 18.9 Å². The summed E-state index contributed by atoms with van der Waals surface area (Å²) in [5, 5.41) is 20.3. The van der Waals surface area contributed by atoms with Crippen LogP contribution in [-0.4, -0.2) is 62.8 Å². The van der Waals surface area contributed by atoms with Gasteiger partial charge in [0.1, 0.15) is 12.2 Å². The van der Waals surface area contributed by atoms with Crippen LogP contribution in [0.15, 0.2) is 17.4 Å². The lowest BCUT2D eigenvalue weighted by Gasteiger charge is -2.20. The van der Waals surface area contributed by atoms with E-state index in [0.717, 1.165) is 10.9 Å². The number of aliphatic hydroxyl groups excluding tert-OH is 2. The van der Waals surface area contributed by atoms with Crippen molar-refractivity contribution in [1.29, 1.82) is 0 Å². The molecule has 0 spiro atoms. The molecule has 0 amide bonds. The first-order valence-electron chi connectivity index (χ1n) is 7.88. The van der Waals surface area contributed by atoms with Crippen molar-refractivity contribution < 1.29 is 65.9 Å². The third-order valence-electron chi connectivity index (χ3n) is 3.83. The molecule has 0 saturated carbocycles. The van der Waals surface area contributed by atoms with Crippen molar-refractivity contribution in [2.45, 2.75) is 24.7 Å². The van der Waals surface area contributed by atoms with Crippen LogP contribution in [0.5, 0.6) is 0 Å². The fraction of sp³-hybridized carbons (Fsp3) is 0.500. The van der Waals surface area contributed by atoms with Crippen LogP contribution in [0.4, 0.5) is 0 Å². The highest BCUT2D eigenvalue weighted by molar-refractivity contribution is 7.66. The fourth-order valence-electron chi connectivity index (χ4n) is 2.75. The molecule has 18 nitrogen and oxygen atoms in total. The smallest absolute Gasteiger partial charge is 0.385 e. The molecule has 0 radical (unpaired) electrons. The molecule has 6 atom stereocenters. The van der Waals surface area contributed by atoms with Gasteiger partial charge in [-0.15, -0.1) is 0 Å². The Morgan fingerprint density at radius 3 is 2.39 bits per heavy atom. The third-order valence-corrected chi connectivity index (χ3v) is 7.63. The van der Waals surface area contributed by atoms with Gasteiger partial charge in [0.05, 0.1) is 7.05 Å². The highest BCUT2D eigenvalue weighted by Gasteiger charge is 2.51. The maximum absolute atomic E-state index is 11.9. The number of nitrogens with one attached hydrogen (secondary N) is 1. The molecule has 0 bridgehead atoms. The zero-order chi connectivity index (χ0) is 23.4. The third kappa shape index (κ3) is 5.35. The minimum Gasteiger partial charge on any atom is -0.385 e. The molecular weight excluding hydrogens is 493 g/mol. The van der Waals surface area contributed by atoms with Gasteiger partial charge in [0.2, 0.25) is 18.0 Å². The van der Waals surface area contributed by atoms with E-state index in [0.29, 0.717) is 0 Å². The van der Waals surface area contributed by atoms with Crippen LogP contribution >= 0.6 is 23.5 Å². The van der Waals surface area contributed by atoms with Crippen LogP contribution in [0.2, 0.25) is 0 Å². The molecule has 1 aliphatic heterocycles. The predicted octanol–water partition coefficient (Wildman–Crippen LogP) is -2.53. The lowest BCUT2D eigenvalue weighted by Crippen LogP contribution is -2.46. The Morgan fingerprint density at radius 1 is 1.13 bits per heavy atom. The van der Waals surface area contributed by atoms with E-state index < -0.39 is 53.8 Å². The van der Waals surface area contributed by atoms with Crippen LogP contribution in [-0.2, 0) is 38.6 Å². The second kappa shape index (κ2) is 8.20. The van der Waals surface area contributed by atoms with E-state index in [4.69, 9.17) is 19.4 Å². The molecule has 21 heteroatoms. The summed E-state index contributed by atoms with van der Waals surface area (Å²) in [4.78, 5) is 54.0. The van der Waals surface area contributed by atoms with Crippen molar-refractivity contribution in [3.05, 3.63) is 23.0 Å². The van der Waals surface area contributed by atoms with Gasteiger partial charge >= 0.3 is 29.1 Å². The average molecular weight is 509 g/mol. The Balaban J connectivity index is 1.82. The Morgan fingerprint density at radius 2 is 1.77 bits per heavy atom. The van der Waals surface area contributed by atoms with Crippen molar-refractivity contribution in [2.75, 3.05) is 0 Å². The molecule has 6 unspecified atom stereocenters. The summed E-state index contributed by atoms with van der Waals surface area (Å²) in [5.41, 5.74) is -0.477. The number of phosphoric acid groups is 3. The highest BCUT2D eigenvalue weighted by Crippen LogP contribution is 2.66. The van der Waals surface area contributed by atoms with Crippen LogP contribution in [0.25, 0.3) is 11.2 Å². The van der Waals surface area contributed by atoms with E-state index in [1.807, 2.05) is 0 Å². The number of ether oxygens (including phenoxy) is 1. The SMILES string of the molecule is Cn1c[n+](C2OC(OP(=O)(O)OP(=O)(O)OP(=O)(O)O)C(O)C2O)c2nc[nH]c(=O)c21. The molecule has 0 aliphatic carbocycles. The molecule has 2 aromatic heterocycles. The number of H-pyrrole nitrogens is 1. The molecule has 2 aromatic rings. The van der Waals surface area contributed by atoms with Crippen LogP contribution in [0, 0.1) is 0 Å². The minimum atomic E-state index is -5.79. The average Bonchev–Trinajstić information content (AvgIpc) is 3.04. The highest BCUT2D eigenvalue weighted by atomic mass is 31.3. The summed E-state index contributed by atoms with van der Waals surface area (Å²) in [7, 11) is -15.6. The number of aromatic amines is 1. The van der Waals surface area contributed by atoms with Gasteiger partial charge in [0, 0.05) is 0 Å². The maximum Gasteiger partial charge on any atom is 0.490 e. The zero-order valence-electron chi connectivity index (χ0n) is 15.1. The Labute approximate surface area is 170 Å². The summed E-state index contributed by atoms with van der Waals surface area (Å²) in [5.74, 6) is 0. The van der Waals surface area contributed by atoms with Gasteiger partial charge in [0.15, 0.2) is 12.7 Å². The van der Waals surface area contributed by atoms with Crippen molar-refractivity contribution in [2.24, 2.45) is 7.05 Å². The monoisotopic (exact) mass is 509 g/mol. The fourth-order valence-corrected chi connectivity index (χ4v) is 5.85. The largest absolute Gasteiger partial charge is 0.490 e. The first-order valence-corrected chi connectivity index (χ1v) is 12.4. The van der Waals surface area contributed by atoms with Crippen LogP contribution < -0.4 is 10.1 Å². The number of imidazole rings is 1. The normalized spacial score (nSPS) is 28.5. The second-order valence-electron chi connectivity index (χ2n) is 6.11. The topological polar surface area (TPSA) is 264 Å². The standard InChI is InChI=1S/C10H15N4O14P3/c1-13-3-14(7-4(13)8(17)12-2-11-7)9-5(15)6(16)10(25-9)26-30(21,22)28-31(23,24)27-29(18,19)20/h2-3,5-6,9-10,15-16H,1H3,(H4-,11,12,17,18,19,20,21,22,23,24)/p+1. The summed E-state index contributed by atoms with van der Waals surface area (Å²) < 4.78 is 53.1. The molecular formula is C10H16N4O14P3+. The number of rotatable bonds is 7. The summed E-state index contributed by atoms with van der Waals surface area (Å²) in [6, 6.07) is 0. The number of hydrogen-bond acceptors (Lipinski definition) is 11. The van der Waals surface area contributed by atoms with E-state index in [2.05, 4.69) is 23.1 Å². The number of hydrogen-bond donors (Lipinski definition) is 7. The molecule has 174 valence electrons. The number of aliphatic hydroxyl groups is 2. The van der Waals surface area contributed by atoms with Crippen molar-refractivity contribution >= 4 is 34.6 Å². The van der Waals surface area contributed by atoms with Crippen molar-refractivity contribution in [3.63, 3.8) is 0 Å². The van der Waals surface area contributed by atoms with E-state index >= 15 is 0 Å². The molecule has 1 aliphatic rings. The van der Waals surface area contributed by atoms with E-state index in [-0.39, 0.29) is 11.2 Å². The number of fused-ring (bicyclic) bond motifs is 1. The van der Waals surface area contributed by atoms with Gasteiger partial charge in [-0.1, -0.05) is 4.98 Å². The number of aryl methyl sites for hydroxylation is 1. The van der Waals surface area contributed by atoms with E-state index in [9.17, 15) is 33.6 Å². The van der Waals surface area contributed by atoms with Gasteiger partial charge in [0.25, 0.3) is 5.56 Å². The number of aromatic nitrogens is 4. The van der Waals surface area contributed by atoms with Gasteiger partial charge in [-0.25, -0.2) is 18.3 Å². The van der Waals surface area contributed by atoms with E-state index in [1.165, 1.54) is 17.9 Å². The van der Waals surface area contributed by atoms with Crippen LogP contribution in [0.3, 0.4) is 0 Å². The molecule has 31 heavy (non-hydrogen) atoms. The first-order chi connectivity index (χ1) is 14.1. The number of nitrogens with zero attached hydrogens (tertiary/aromatic N) is 3. The maximum atomic E-state index is 11.9. The van der Waals surface area contributed by atoms with Crippen molar-refractivity contribution in [1.82, 2.24) is 14.5 Å². The van der Waals surface area contributed by atoms with Crippen LogP contribution in [0.1, 0.15) is 6.23 Å². The molecule has 0 aromatic carbocycles. The van der Waals surface area contributed by atoms with Gasteiger partial charge in [-0.2, -0.15) is 8.62 Å². The Bertz CT molecular complexity index is 1190. The van der Waals surface area contributed by atoms with E-state index in [1.54, 1.807) is 0 Å². The molecule has 1 fully saturated rings. The lowest BCUT2D eigenvalue weighted by atomic mass is 10.2. The quantitative estimate of drug-likeness (QED) is 0.150. The molecule has 7 N–H and O–H groups in total. The van der Waals surface area contributed by atoms with Crippen molar-refractivity contribution in [3.8, 4) is 0 Å². The predicted molar refractivity (Wildman–Crippen MR) is 92.4 cm³/mol.